The number of hydrogen-bond acceptors (Lipinski definition) is 6. The predicted octanol–water partition coefficient (Wildman–Crippen LogP) is 4.17. The van der Waals surface area contributed by atoms with Crippen LogP contribution in [0.1, 0.15) is 44.7 Å². The molecule has 1 aliphatic heterocycles. The van der Waals surface area contributed by atoms with Crippen LogP contribution >= 0.6 is 15.9 Å². The van der Waals surface area contributed by atoms with Crippen LogP contribution in [0.15, 0.2) is 51.6 Å². The molecule has 1 atom stereocenters. The Morgan fingerprint density at radius 3 is 2.77 bits per heavy atom. The summed E-state index contributed by atoms with van der Waals surface area (Å²) >= 11 is 3.53. The molecule has 162 valence electrons. The monoisotopic (exact) mass is 493 g/mol. The van der Waals surface area contributed by atoms with E-state index in [1.54, 1.807) is 28.9 Å². The molecule has 1 unspecified atom stereocenters. The summed E-state index contributed by atoms with van der Waals surface area (Å²) in [5.74, 6) is 1.16. The first-order valence-electron chi connectivity index (χ1n) is 10.2. The van der Waals surface area contributed by atoms with Gasteiger partial charge in [0.15, 0.2) is 15.5 Å². The fourth-order valence-corrected chi connectivity index (χ4v) is 4.55. The highest BCUT2D eigenvalue weighted by Gasteiger charge is 2.20. The second-order valence-electron chi connectivity index (χ2n) is 7.07. The summed E-state index contributed by atoms with van der Waals surface area (Å²) in [4.78, 5) is 5.15. The van der Waals surface area contributed by atoms with E-state index in [9.17, 15) is 8.42 Å². The smallest absolute Gasteiger partial charge is 0.175 e. The number of aromatic nitrogens is 3. The van der Waals surface area contributed by atoms with Crippen molar-refractivity contribution in [1.29, 1.82) is 0 Å². The minimum Gasteiger partial charge on any atom is -0.340 e. The van der Waals surface area contributed by atoms with Gasteiger partial charge in [-0.2, -0.15) is 9.61 Å². The van der Waals surface area contributed by atoms with Crippen molar-refractivity contribution < 1.29 is 8.42 Å². The van der Waals surface area contributed by atoms with E-state index < -0.39 is 9.84 Å². The van der Waals surface area contributed by atoms with E-state index in [2.05, 4.69) is 31.7 Å². The average Bonchev–Trinajstić information content (AvgIpc) is 2.96. The summed E-state index contributed by atoms with van der Waals surface area (Å²) in [7, 11) is -3.23. The maximum atomic E-state index is 11.8. The number of fused-ring (bicyclic) bond motifs is 1. The highest BCUT2D eigenvalue weighted by molar-refractivity contribution is 9.10. The van der Waals surface area contributed by atoms with Crippen molar-refractivity contribution >= 4 is 37.2 Å². The second kappa shape index (κ2) is 9.89. The Hall–Kier alpha value is -1.97. The van der Waals surface area contributed by atoms with E-state index in [-0.39, 0.29) is 0 Å². The van der Waals surface area contributed by atoms with Crippen LogP contribution in [-0.2, 0) is 9.84 Å². The summed E-state index contributed by atoms with van der Waals surface area (Å²) in [5.41, 5.74) is 2.61. The van der Waals surface area contributed by atoms with Gasteiger partial charge in [0.1, 0.15) is 5.82 Å². The lowest BCUT2D eigenvalue weighted by molar-refractivity contribution is 0.455. The zero-order chi connectivity index (χ0) is 21.7. The van der Waals surface area contributed by atoms with Gasteiger partial charge in [0.05, 0.1) is 21.3 Å². The fourth-order valence-electron chi connectivity index (χ4n) is 3.48. The van der Waals surface area contributed by atoms with Crippen molar-refractivity contribution in [3.05, 3.63) is 57.3 Å². The molecule has 1 saturated heterocycles. The second-order valence-corrected chi connectivity index (χ2v) is 9.94. The van der Waals surface area contributed by atoms with Gasteiger partial charge in [-0.3, -0.25) is 0 Å². The Morgan fingerprint density at radius 1 is 1.27 bits per heavy atom. The fraction of sp³-hybridized carbons (Fsp3) is 0.429. The molecule has 0 saturated carbocycles. The van der Waals surface area contributed by atoms with E-state index >= 15 is 0 Å². The third-order valence-corrected chi connectivity index (χ3v) is 6.67. The quantitative estimate of drug-likeness (QED) is 0.664. The number of nitrogens with one attached hydrogen (secondary N) is 2. The van der Waals surface area contributed by atoms with Gasteiger partial charge in [0.25, 0.3) is 0 Å². The van der Waals surface area contributed by atoms with Crippen molar-refractivity contribution in [1.82, 2.24) is 19.9 Å². The maximum absolute atomic E-state index is 11.8. The Bertz CT molecular complexity index is 1100. The first-order valence-corrected chi connectivity index (χ1v) is 12.9. The number of sulfone groups is 1. The Kier molecular flexibility index (Phi) is 7.49. The lowest BCUT2D eigenvalue weighted by atomic mass is 9.96. The summed E-state index contributed by atoms with van der Waals surface area (Å²) in [6, 6.07) is 2.04. The molecule has 2 aromatic rings. The van der Waals surface area contributed by atoms with Crippen LogP contribution in [0.3, 0.4) is 0 Å². The number of piperidine rings is 1. The topological polar surface area (TPSA) is 88.4 Å². The number of anilines is 1. The van der Waals surface area contributed by atoms with Crippen molar-refractivity contribution in [3.8, 4) is 0 Å². The summed E-state index contributed by atoms with van der Waals surface area (Å²) in [5, 5.41) is 11.2. The molecular weight excluding hydrogens is 466 g/mol. The SMILES string of the molecule is CC.CS(=O)(=O)C1=CCC=C(Nc2cc(C3CCCNC3)nc3c(Br)cnn23)C=C1. The van der Waals surface area contributed by atoms with Gasteiger partial charge in [-0.25, -0.2) is 13.4 Å². The first-order chi connectivity index (χ1) is 14.4. The lowest BCUT2D eigenvalue weighted by Gasteiger charge is -2.23. The molecule has 9 heteroatoms. The first kappa shape index (κ1) is 22.7. The van der Waals surface area contributed by atoms with Crippen LogP contribution in [0.5, 0.6) is 0 Å². The number of nitrogens with zero attached hydrogens (tertiary/aromatic N) is 3. The number of rotatable bonds is 4. The van der Waals surface area contributed by atoms with Crippen molar-refractivity contribution in [2.45, 2.75) is 39.0 Å². The van der Waals surface area contributed by atoms with E-state index in [0.717, 1.165) is 53.3 Å². The summed E-state index contributed by atoms with van der Waals surface area (Å²) < 4.78 is 26.2. The lowest BCUT2D eigenvalue weighted by Crippen LogP contribution is -2.29. The minimum atomic E-state index is -3.23. The van der Waals surface area contributed by atoms with Gasteiger partial charge < -0.3 is 10.6 Å². The van der Waals surface area contributed by atoms with Gasteiger partial charge in [-0.15, -0.1) is 0 Å². The molecule has 7 nitrogen and oxygen atoms in total. The van der Waals surface area contributed by atoms with Crippen LogP contribution in [0, 0.1) is 0 Å². The Balaban J connectivity index is 0.00000124. The van der Waals surface area contributed by atoms with Gasteiger partial charge in [-0.1, -0.05) is 26.0 Å². The molecule has 2 aromatic heterocycles. The molecule has 3 heterocycles. The Morgan fingerprint density at radius 2 is 2.07 bits per heavy atom. The molecule has 0 bridgehead atoms. The van der Waals surface area contributed by atoms with Crippen molar-refractivity contribution in [2.75, 3.05) is 24.7 Å². The molecule has 30 heavy (non-hydrogen) atoms. The molecule has 1 fully saturated rings. The van der Waals surface area contributed by atoms with Crippen LogP contribution in [0.25, 0.3) is 5.65 Å². The molecule has 0 aromatic carbocycles. The van der Waals surface area contributed by atoms with Crippen molar-refractivity contribution in [2.24, 2.45) is 0 Å². The number of hydrogen-bond donors (Lipinski definition) is 2. The Labute approximate surface area is 186 Å². The molecule has 2 aliphatic rings. The van der Waals surface area contributed by atoms with E-state index in [4.69, 9.17) is 4.98 Å². The molecule has 1 aliphatic carbocycles. The van der Waals surface area contributed by atoms with Crippen LogP contribution in [0.2, 0.25) is 0 Å². The highest BCUT2D eigenvalue weighted by atomic mass is 79.9. The molecule has 2 N–H and O–H groups in total. The van der Waals surface area contributed by atoms with Crippen LogP contribution in [-0.4, -0.2) is 42.4 Å². The largest absolute Gasteiger partial charge is 0.340 e. The summed E-state index contributed by atoms with van der Waals surface area (Å²) in [6.45, 7) is 5.96. The molecule has 0 spiro atoms. The molecular formula is C21H28BrN5O2S. The van der Waals surface area contributed by atoms with Gasteiger partial charge >= 0.3 is 0 Å². The maximum Gasteiger partial charge on any atom is 0.175 e. The molecule has 0 amide bonds. The highest BCUT2D eigenvalue weighted by Crippen LogP contribution is 2.28. The number of halogens is 1. The zero-order valence-electron chi connectivity index (χ0n) is 17.5. The van der Waals surface area contributed by atoms with E-state index in [0.29, 0.717) is 17.2 Å². The normalized spacial score (nSPS) is 19.4. The standard InChI is InChI=1S/C19H22BrN5O2S.C2H6/c1-28(26,27)15-6-2-5-14(7-8-15)23-18-10-17(13-4-3-9-21-11-13)24-19-16(20)12-22-25(18)19;1-2/h5-8,10,12-13,21,23H,2-4,9,11H2,1H3;1-2H3. The minimum absolute atomic E-state index is 0.330. The molecule has 0 radical (unpaired) electrons. The average molecular weight is 494 g/mol. The van der Waals surface area contributed by atoms with Gasteiger partial charge in [0, 0.05) is 30.5 Å². The third-order valence-electron chi connectivity index (χ3n) is 4.95. The van der Waals surface area contributed by atoms with Gasteiger partial charge in [0.2, 0.25) is 0 Å². The number of allylic oxidation sites excluding steroid dienone is 4. The van der Waals surface area contributed by atoms with E-state index in [1.807, 2.05) is 26.0 Å². The summed E-state index contributed by atoms with van der Waals surface area (Å²) in [6.07, 6.45) is 12.8. The zero-order valence-corrected chi connectivity index (χ0v) is 19.9. The van der Waals surface area contributed by atoms with Crippen LogP contribution in [0.4, 0.5) is 5.82 Å². The van der Waals surface area contributed by atoms with Crippen molar-refractivity contribution in [3.63, 3.8) is 0 Å². The predicted molar refractivity (Wildman–Crippen MR) is 125 cm³/mol. The molecule has 4 rings (SSSR count). The van der Waals surface area contributed by atoms with E-state index in [1.165, 1.54) is 6.26 Å². The third kappa shape index (κ3) is 5.19. The van der Waals surface area contributed by atoms with Gasteiger partial charge in [-0.05, 0) is 53.9 Å². The van der Waals surface area contributed by atoms with Crippen LogP contribution < -0.4 is 10.6 Å².